The van der Waals surface area contributed by atoms with Gasteiger partial charge in [0, 0.05) is 23.0 Å². The second-order valence-electron chi connectivity index (χ2n) is 6.48. The van der Waals surface area contributed by atoms with E-state index in [0.717, 1.165) is 42.1 Å². The number of thiazole rings is 1. The Morgan fingerprint density at radius 1 is 1.33 bits per heavy atom. The summed E-state index contributed by atoms with van der Waals surface area (Å²) in [6.07, 6.45) is 7.05. The molecule has 0 aromatic carbocycles. The molecule has 2 unspecified atom stereocenters. The summed E-state index contributed by atoms with van der Waals surface area (Å²) in [4.78, 5) is 14.4. The standard InChI is InChI=1S/C18H22N4S2/c1-11-6-12(2)13(3)21-16(7-11)15-5-4-14(8-19-15)22-18(23)17-9-24-10-20-17/h7-12H,4-6H2,1-3H3,(H,22,23). The molecule has 0 amide bonds. The van der Waals surface area contributed by atoms with Crippen molar-refractivity contribution in [2.45, 2.75) is 40.0 Å². The molecule has 6 heteroatoms. The number of hydrogen-bond donors (Lipinski definition) is 1. The van der Waals surface area contributed by atoms with Crippen molar-refractivity contribution in [2.24, 2.45) is 21.8 Å². The van der Waals surface area contributed by atoms with Crippen LogP contribution in [0.1, 0.15) is 45.7 Å². The van der Waals surface area contributed by atoms with Crippen LogP contribution >= 0.6 is 23.6 Å². The van der Waals surface area contributed by atoms with E-state index in [9.17, 15) is 0 Å². The number of aliphatic imine (C=N–C) groups is 2. The van der Waals surface area contributed by atoms with Gasteiger partial charge in [-0.15, -0.1) is 11.3 Å². The molecule has 0 aliphatic carbocycles. The fourth-order valence-corrected chi connectivity index (χ4v) is 3.79. The van der Waals surface area contributed by atoms with Crippen LogP contribution in [0.3, 0.4) is 0 Å². The molecule has 126 valence electrons. The van der Waals surface area contributed by atoms with E-state index < -0.39 is 0 Å². The number of thiocarbonyl (C=S) groups is 1. The summed E-state index contributed by atoms with van der Waals surface area (Å²) in [5.41, 5.74) is 6.96. The number of aromatic nitrogens is 1. The Morgan fingerprint density at radius 2 is 2.17 bits per heavy atom. The molecular weight excluding hydrogens is 336 g/mol. The first kappa shape index (κ1) is 17.2. The average Bonchev–Trinajstić information content (AvgIpc) is 3.05. The van der Waals surface area contributed by atoms with Crippen molar-refractivity contribution in [3.05, 3.63) is 40.3 Å². The van der Waals surface area contributed by atoms with Gasteiger partial charge in [0.1, 0.15) is 10.7 Å². The van der Waals surface area contributed by atoms with Crippen LogP contribution in [0.15, 0.2) is 44.5 Å². The highest BCUT2D eigenvalue weighted by Crippen LogP contribution is 2.25. The maximum absolute atomic E-state index is 5.38. The molecule has 4 nitrogen and oxygen atoms in total. The van der Waals surface area contributed by atoms with Gasteiger partial charge in [-0.05, 0) is 38.0 Å². The fraction of sp³-hybridized carbons (Fsp3) is 0.444. The fourth-order valence-electron chi connectivity index (χ4n) is 2.93. The van der Waals surface area contributed by atoms with Crippen molar-refractivity contribution in [2.75, 3.05) is 0 Å². The van der Waals surface area contributed by atoms with E-state index in [1.807, 2.05) is 11.6 Å². The predicted octanol–water partition coefficient (Wildman–Crippen LogP) is 4.51. The summed E-state index contributed by atoms with van der Waals surface area (Å²) in [5.74, 6) is 1.06. The Labute approximate surface area is 152 Å². The zero-order valence-corrected chi connectivity index (χ0v) is 15.9. The molecule has 2 atom stereocenters. The smallest absolute Gasteiger partial charge is 0.130 e. The zero-order valence-electron chi connectivity index (χ0n) is 14.2. The van der Waals surface area contributed by atoms with Crippen LogP contribution in [0.4, 0.5) is 0 Å². The number of nitrogens with one attached hydrogen (secondary N) is 1. The topological polar surface area (TPSA) is 49.6 Å². The Balaban J connectivity index is 1.74. The summed E-state index contributed by atoms with van der Waals surface area (Å²) in [6, 6.07) is 0. The Hall–Kier alpha value is -1.66. The molecule has 0 fully saturated rings. The van der Waals surface area contributed by atoms with Gasteiger partial charge in [0.2, 0.25) is 0 Å². The summed E-state index contributed by atoms with van der Waals surface area (Å²) in [5, 5.41) is 5.20. The second-order valence-corrected chi connectivity index (χ2v) is 7.60. The molecule has 1 aromatic rings. The molecule has 2 aliphatic rings. The summed E-state index contributed by atoms with van der Waals surface area (Å²) in [6.45, 7) is 6.62. The van der Waals surface area contributed by atoms with E-state index in [1.54, 1.807) is 16.8 Å². The first-order valence-corrected chi connectivity index (χ1v) is 9.60. The largest absolute Gasteiger partial charge is 0.347 e. The highest BCUT2D eigenvalue weighted by atomic mass is 32.1. The van der Waals surface area contributed by atoms with Gasteiger partial charge in [0.15, 0.2) is 0 Å². The van der Waals surface area contributed by atoms with E-state index in [1.165, 1.54) is 5.71 Å². The highest BCUT2D eigenvalue weighted by Gasteiger charge is 2.19. The molecule has 0 spiro atoms. The van der Waals surface area contributed by atoms with Gasteiger partial charge in [-0.25, -0.2) is 4.98 Å². The summed E-state index contributed by atoms with van der Waals surface area (Å²) in [7, 11) is 0. The summed E-state index contributed by atoms with van der Waals surface area (Å²) >= 11 is 6.93. The zero-order chi connectivity index (χ0) is 17.1. The monoisotopic (exact) mass is 358 g/mol. The van der Waals surface area contributed by atoms with Crippen molar-refractivity contribution in [3.8, 4) is 0 Å². The van der Waals surface area contributed by atoms with Crippen molar-refractivity contribution in [3.63, 3.8) is 0 Å². The lowest BCUT2D eigenvalue weighted by molar-refractivity contribution is 0.570. The third-order valence-corrected chi connectivity index (χ3v) is 5.32. The molecule has 3 heterocycles. The van der Waals surface area contributed by atoms with Gasteiger partial charge >= 0.3 is 0 Å². The molecule has 1 N–H and O–H groups in total. The normalized spacial score (nSPS) is 24.3. The van der Waals surface area contributed by atoms with Crippen LogP contribution in [0.2, 0.25) is 0 Å². The van der Waals surface area contributed by atoms with Crippen molar-refractivity contribution in [1.82, 2.24) is 10.3 Å². The molecule has 3 rings (SSSR count). The molecule has 2 aliphatic heterocycles. The van der Waals surface area contributed by atoms with Gasteiger partial charge in [0.05, 0.1) is 16.9 Å². The molecule has 1 aromatic heterocycles. The lowest BCUT2D eigenvalue weighted by Crippen LogP contribution is -2.24. The number of nitrogens with zero attached hydrogens (tertiary/aromatic N) is 3. The second kappa shape index (κ2) is 7.49. The van der Waals surface area contributed by atoms with E-state index >= 15 is 0 Å². The van der Waals surface area contributed by atoms with Crippen LogP contribution in [0, 0.1) is 11.8 Å². The van der Waals surface area contributed by atoms with E-state index in [2.05, 4.69) is 42.1 Å². The maximum atomic E-state index is 5.38. The third kappa shape index (κ3) is 4.05. The van der Waals surface area contributed by atoms with Gasteiger partial charge in [0.25, 0.3) is 0 Å². The number of rotatable bonds is 3. The third-order valence-electron chi connectivity index (χ3n) is 4.42. The van der Waals surface area contributed by atoms with Crippen LogP contribution in [-0.2, 0) is 0 Å². The molecular formula is C18H22N4S2. The van der Waals surface area contributed by atoms with Crippen molar-refractivity contribution < 1.29 is 0 Å². The SMILES string of the molecule is CC1=NC(C2=NC=C(NC(=S)c3cscn3)CC2)=CC(C)CC1C. The van der Waals surface area contributed by atoms with Gasteiger partial charge in [-0.1, -0.05) is 32.1 Å². The van der Waals surface area contributed by atoms with Crippen LogP contribution in [0.25, 0.3) is 0 Å². The Kier molecular flexibility index (Phi) is 5.36. The van der Waals surface area contributed by atoms with Crippen LogP contribution < -0.4 is 5.32 Å². The maximum Gasteiger partial charge on any atom is 0.130 e. The lowest BCUT2D eigenvalue weighted by atomic mass is 9.94. The Morgan fingerprint density at radius 3 is 2.83 bits per heavy atom. The molecule has 0 radical (unpaired) electrons. The van der Waals surface area contributed by atoms with E-state index in [4.69, 9.17) is 17.2 Å². The first-order chi connectivity index (χ1) is 11.5. The van der Waals surface area contributed by atoms with Gasteiger partial charge in [-0.2, -0.15) is 0 Å². The number of allylic oxidation sites excluding steroid dienone is 3. The van der Waals surface area contributed by atoms with Crippen LogP contribution in [-0.4, -0.2) is 21.4 Å². The van der Waals surface area contributed by atoms with Crippen molar-refractivity contribution >= 4 is 40.0 Å². The van der Waals surface area contributed by atoms with E-state index in [0.29, 0.717) is 16.8 Å². The summed E-state index contributed by atoms with van der Waals surface area (Å²) < 4.78 is 0. The minimum Gasteiger partial charge on any atom is -0.347 e. The average molecular weight is 359 g/mol. The van der Waals surface area contributed by atoms with E-state index in [-0.39, 0.29) is 0 Å². The quantitative estimate of drug-likeness (QED) is 0.809. The molecule has 0 saturated carbocycles. The number of hydrogen-bond acceptors (Lipinski definition) is 5. The Bertz CT molecular complexity index is 741. The molecule has 0 saturated heterocycles. The van der Waals surface area contributed by atoms with Crippen molar-refractivity contribution in [1.29, 1.82) is 0 Å². The highest BCUT2D eigenvalue weighted by molar-refractivity contribution is 7.80. The molecule has 24 heavy (non-hydrogen) atoms. The lowest BCUT2D eigenvalue weighted by Gasteiger charge is -2.16. The molecule has 0 bridgehead atoms. The van der Waals surface area contributed by atoms with Gasteiger partial charge < -0.3 is 5.32 Å². The predicted molar refractivity (Wildman–Crippen MR) is 106 cm³/mol. The minimum absolute atomic E-state index is 0.527. The minimum atomic E-state index is 0.527. The first-order valence-electron chi connectivity index (χ1n) is 8.25. The van der Waals surface area contributed by atoms with Gasteiger partial charge in [-0.3, -0.25) is 9.98 Å². The van der Waals surface area contributed by atoms with Crippen LogP contribution in [0.5, 0.6) is 0 Å².